The van der Waals surface area contributed by atoms with E-state index in [9.17, 15) is 8.42 Å². The lowest BCUT2D eigenvalue weighted by molar-refractivity contribution is 0.329. The average Bonchev–Trinajstić information content (AvgIpc) is 2.69. The van der Waals surface area contributed by atoms with E-state index in [-0.39, 0.29) is 10.9 Å². The Morgan fingerprint density at radius 2 is 1.69 bits per heavy atom. The maximum atomic E-state index is 12.8. The molecule has 136 valence electrons. The molecule has 26 heavy (non-hydrogen) atoms. The molecule has 2 aromatic rings. The Bertz CT molecular complexity index is 879. The van der Waals surface area contributed by atoms with Gasteiger partial charge in [-0.25, -0.2) is 8.42 Å². The average molecular weight is 371 g/mol. The van der Waals surface area contributed by atoms with Gasteiger partial charge in [-0.3, -0.25) is 0 Å². The minimum Gasteiger partial charge on any atom is -0.497 e. The van der Waals surface area contributed by atoms with Crippen molar-refractivity contribution in [1.29, 1.82) is 5.26 Å². The van der Waals surface area contributed by atoms with Crippen molar-refractivity contribution in [3.05, 3.63) is 54.1 Å². The number of nitriles is 1. The summed E-state index contributed by atoms with van der Waals surface area (Å²) in [7, 11) is -1.93. The summed E-state index contributed by atoms with van der Waals surface area (Å²) in [6, 6.07) is 16.1. The summed E-state index contributed by atoms with van der Waals surface area (Å²) in [5.41, 5.74) is 1.57. The number of benzene rings is 2. The summed E-state index contributed by atoms with van der Waals surface area (Å²) in [4.78, 5) is 0.289. The van der Waals surface area contributed by atoms with Crippen molar-refractivity contribution >= 4 is 15.7 Å². The molecule has 0 unspecified atom stereocenters. The highest BCUT2D eigenvalue weighted by Gasteiger charge is 2.29. The minimum absolute atomic E-state index is 0.213. The Morgan fingerprint density at radius 3 is 2.23 bits per heavy atom. The smallest absolute Gasteiger partial charge is 0.243 e. The van der Waals surface area contributed by atoms with Gasteiger partial charge in [-0.1, -0.05) is 0 Å². The van der Waals surface area contributed by atoms with Crippen LogP contribution in [0.5, 0.6) is 5.75 Å². The van der Waals surface area contributed by atoms with Crippen molar-refractivity contribution in [2.75, 3.05) is 25.5 Å². The highest BCUT2D eigenvalue weighted by molar-refractivity contribution is 7.89. The van der Waals surface area contributed by atoms with Gasteiger partial charge >= 0.3 is 0 Å². The van der Waals surface area contributed by atoms with E-state index in [0.29, 0.717) is 24.4 Å². The molecule has 0 bridgehead atoms. The van der Waals surface area contributed by atoms with Crippen molar-refractivity contribution in [2.45, 2.75) is 23.8 Å². The van der Waals surface area contributed by atoms with E-state index in [0.717, 1.165) is 18.5 Å². The zero-order valence-electron chi connectivity index (χ0n) is 14.6. The first-order chi connectivity index (χ1) is 12.5. The van der Waals surface area contributed by atoms with Gasteiger partial charge in [0.2, 0.25) is 10.0 Å². The zero-order chi connectivity index (χ0) is 18.6. The highest BCUT2D eigenvalue weighted by atomic mass is 32.2. The van der Waals surface area contributed by atoms with E-state index in [2.05, 4.69) is 11.4 Å². The first-order valence-corrected chi connectivity index (χ1v) is 9.88. The van der Waals surface area contributed by atoms with Gasteiger partial charge in [0.25, 0.3) is 0 Å². The quantitative estimate of drug-likeness (QED) is 0.874. The molecule has 0 spiro atoms. The molecule has 0 saturated carbocycles. The number of anilines is 1. The Hall–Kier alpha value is -2.56. The number of nitrogens with zero attached hydrogens (tertiary/aromatic N) is 2. The third-order valence-corrected chi connectivity index (χ3v) is 6.45. The molecular weight excluding hydrogens is 350 g/mol. The lowest BCUT2D eigenvalue weighted by Crippen LogP contribution is -2.42. The van der Waals surface area contributed by atoms with Gasteiger partial charge in [0.05, 0.1) is 23.6 Å². The van der Waals surface area contributed by atoms with Gasteiger partial charge in [0.1, 0.15) is 5.75 Å². The molecule has 1 fully saturated rings. The molecule has 0 atom stereocenters. The number of methoxy groups -OCH3 is 1. The second kappa shape index (κ2) is 7.77. The molecule has 0 aromatic heterocycles. The number of piperidine rings is 1. The van der Waals surface area contributed by atoms with E-state index in [1.54, 1.807) is 43.5 Å². The van der Waals surface area contributed by atoms with Crippen LogP contribution >= 0.6 is 0 Å². The third kappa shape index (κ3) is 3.98. The van der Waals surface area contributed by atoms with Gasteiger partial charge in [0, 0.05) is 24.8 Å². The molecule has 0 radical (unpaired) electrons. The van der Waals surface area contributed by atoms with Crippen LogP contribution in [-0.2, 0) is 10.0 Å². The summed E-state index contributed by atoms with van der Waals surface area (Å²) in [5.74, 6) is 0.634. The van der Waals surface area contributed by atoms with Gasteiger partial charge in [-0.2, -0.15) is 9.57 Å². The van der Waals surface area contributed by atoms with Crippen LogP contribution in [0.25, 0.3) is 0 Å². The summed E-state index contributed by atoms with van der Waals surface area (Å²) in [6.45, 7) is 0.949. The fraction of sp³-hybridized carbons (Fsp3) is 0.316. The van der Waals surface area contributed by atoms with Crippen LogP contribution in [0.3, 0.4) is 0 Å². The van der Waals surface area contributed by atoms with Crippen molar-refractivity contribution < 1.29 is 13.2 Å². The number of hydrogen-bond donors (Lipinski definition) is 1. The molecular formula is C19H21N3O3S. The Balaban J connectivity index is 1.60. The Labute approximate surface area is 154 Å². The molecule has 3 rings (SSSR count). The van der Waals surface area contributed by atoms with Crippen molar-refractivity contribution in [3.8, 4) is 11.8 Å². The Kier molecular flexibility index (Phi) is 5.45. The molecule has 6 nitrogen and oxygen atoms in total. The highest BCUT2D eigenvalue weighted by Crippen LogP contribution is 2.24. The molecule has 1 N–H and O–H groups in total. The van der Waals surface area contributed by atoms with Crippen molar-refractivity contribution in [2.24, 2.45) is 0 Å². The third-order valence-electron chi connectivity index (χ3n) is 4.54. The van der Waals surface area contributed by atoms with Gasteiger partial charge in [-0.05, 0) is 61.4 Å². The number of rotatable bonds is 5. The van der Waals surface area contributed by atoms with Crippen molar-refractivity contribution in [3.63, 3.8) is 0 Å². The summed E-state index contributed by atoms with van der Waals surface area (Å²) < 4.78 is 32.1. The summed E-state index contributed by atoms with van der Waals surface area (Å²) in [6.07, 6.45) is 1.46. The van der Waals surface area contributed by atoms with Crippen LogP contribution in [0.4, 0.5) is 5.69 Å². The second-order valence-electron chi connectivity index (χ2n) is 6.19. The predicted octanol–water partition coefficient (Wildman–Crippen LogP) is 2.83. The number of nitrogens with one attached hydrogen (secondary N) is 1. The van der Waals surface area contributed by atoms with E-state index in [1.807, 2.05) is 12.1 Å². The van der Waals surface area contributed by atoms with Gasteiger partial charge in [-0.15, -0.1) is 0 Å². The molecule has 7 heteroatoms. The van der Waals surface area contributed by atoms with E-state index < -0.39 is 10.0 Å². The van der Waals surface area contributed by atoms with Gasteiger partial charge < -0.3 is 10.1 Å². The van der Waals surface area contributed by atoms with Crippen molar-refractivity contribution in [1.82, 2.24) is 4.31 Å². The molecule has 0 amide bonds. The number of sulfonamides is 1. The van der Waals surface area contributed by atoms with E-state index in [4.69, 9.17) is 10.00 Å². The first-order valence-electron chi connectivity index (χ1n) is 8.44. The predicted molar refractivity (Wildman–Crippen MR) is 99.6 cm³/mol. The van der Waals surface area contributed by atoms with Crippen LogP contribution in [0.1, 0.15) is 18.4 Å². The fourth-order valence-electron chi connectivity index (χ4n) is 3.01. The molecule has 1 aliphatic rings. The van der Waals surface area contributed by atoms with Crippen LogP contribution in [0.2, 0.25) is 0 Å². The molecule has 0 aliphatic carbocycles. The number of ether oxygens (including phenoxy) is 1. The molecule has 1 saturated heterocycles. The molecule has 1 heterocycles. The standard InChI is InChI=1S/C19H21N3O3S/c1-25-18-6-8-19(9-7-18)26(23,24)22-12-10-17(11-13-22)21-16-4-2-15(14-20)3-5-16/h2-9,17,21H,10-13H2,1H3. The Morgan fingerprint density at radius 1 is 1.08 bits per heavy atom. The lowest BCUT2D eigenvalue weighted by atomic mass is 10.1. The monoisotopic (exact) mass is 371 g/mol. The van der Waals surface area contributed by atoms with Crippen LogP contribution in [0, 0.1) is 11.3 Å². The van der Waals surface area contributed by atoms with Crippen LogP contribution in [-0.4, -0.2) is 39.0 Å². The van der Waals surface area contributed by atoms with Crippen LogP contribution in [0.15, 0.2) is 53.4 Å². The lowest BCUT2D eigenvalue weighted by Gasteiger charge is -2.32. The second-order valence-corrected chi connectivity index (χ2v) is 8.13. The SMILES string of the molecule is COc1ccc(S(=O)(=O)N2CCC(Nc3ccc(C#N)cc3)CC2)cc1. The van der Waals surface area contributed by atoms with E-state index >= 15 is 0 Å². The summed E-state index contributed by atoms with van der Waals surface area (Å²) >= 11 is 0. The van der Waals surface area contributed by atoms with Crippen LogP contribution < -0.4 is 10.1 Å². The molecule has 1 aliphatic heterocycles. The minimum atomic E-state index is -3.48. The maximum Gasteiger partial charge on any atom is 0.243 e. The summed E-state index contributed by atoms with van der Waals surface area (Å²) in [5, 5.41) is 12.3. The largest absolute Gasteiger partial charge is 0.497 e. The normalized spacial score (nSPS) is 16.0. The zero-order valence-corrected chi connectivity index (χ0v) is 15.4. The fourth-order valence-corrected chi connectivity index (χ4v) is 4.48. The van der Waals surface area contributed by atoms with E-state index in [1.165, 1.54) is 4.31 Å². The topological polar surface area (TPSA) is 82.4 Å². The van der Waals surface area contributed by atoms with Gasteiger partial charge in [0.15, 0.2) is 0 Å². The number of hydrogen-bond acceptors (Lipinski definition) is 5. The first kappa shape index (κ1) is 18.2. The molecule has 2 aromatic carbocycles. The maximum absolute atomic E-state index is 12.8.